The fourth-order valence-electron chi connectivity index (χ4n) is 2.21. The van der Waals surface area contributed by atoms with Gasteiger partial charge >= 0.3 is 0 Å². The second-order valence-electron chi connectivity index (χ2n) is 4.69. The van der Waals surface area contributed by atoms with Gasteiger partial charge in [-0.05, 0) is 19.3 Å². The fraction of sp³-hybridized carbons (Fsp3) is 0.909. The first-order valence-electron chi connectivity index (χ1n) is 5.41. The van der Waals surface area contributed by atoms with Crippen LogP contribution in [-0.4, -0.2) is 23.0 Å². The zero-order valence-electron chi connectivity index (χ0n) is 9.18. The van der Waals surface area contributed by atoms with Gasteiger partial charge in [0.05, 0.1) is 5.60 Å². The Hall–Kier alpha value is -0.410. The maximum Gasteiger partial charge on any atom is 0.133 e. The number of hydrogen-bond donors (Lipinski definition) is 2. The number of hydrogen-bond acceptors (Lipinski definition) is 3. The van der Waals surface area contributed by atoms with Crippen LogP contribution in [-0.2, 0) is 4.79 Å². The van der Waals surface area contributed by atoms with E-state index in [4.69, 9.17) is 5.73 Å². The maximum atomic E-state index is 11.1. The minimum absolute atomic E-state index is 0.242. The van der Waals surface area contributed by atoms with E-state index in [2.05, 4.69) is 0 Å². The molecule has 3 nitrogen and oxygen atoms in total. The Kier molecular flexibility index (Phi) is 3.32. The van der Waals surface area contributed by atoms with Crippen molar-refractivity contribution in [2.24, 2.45) is 11.1 Å². The molecule has 0 heterocycles. The van der Waals surface area contributed by atoms with Crippen LogP contribution in [0.5, 0.6) is 0 Å². The largest absolute Gasteiger partial charge is 0.389 e. The van der Waals surface area contributed by atoms with Crippen LogP contribution in [0.1, 0.15) is 46.0 Å². The Morgan fingerprint density at radius 3 is 2.36 bits per heavy atom. The van der Waals surface area contributed by atoms with E-state index in [0.717, 1.165) is 6.42 Å². The van der Waals surface area contributed by atoms with Gasteiger partial charge < -0.3 is 10.8 Å². The van der Waals surface area contributed by atoms with E-state index in [1.165, 1.54) is 0 Å². The average molecular weight is 199 g/mol. The number of carbonyl (C=O) groups is 1. The average Bonchev–Trinajstić information content (AvgIpc) is 2.21. The lowest BCUT2D eigenvalue weighted by atomic mass is 9.64. The van der Waals surface area contributed by atoms with Gasteiger partial charge in [0, 0.05) is 24.8 Å². The van der Waals surface area contributed by atoms with Crippen molar-refractivity contribution in [3.63, 3.8) is 0 Å². The van der Waals surface area contributed by atoms with Crippen LogP contribution >= 0.6 is 0 Å². The highest BCUT2D eigenvalue weighted by Gasteiger charge is 2.46. The molecule has 0 aromatic rings. The van der Waals surface area contributed by atoms with Crippen molar-refractivity contribution in [3.05, 3.63) is 0 Å². The number of Topliss-reactive ketones (excluding diaryl/α,β-unsaturated/α-hetero) is 1. The van der Waals surface area contributed by atoms with Crippen LogP contribution in [0.3, 0.4) is 0 Å². The van der Waals surface area contributed by atoms with Gasteiger partial charge in [-0.2, -0.15) is 0 Å². The summed E-state index contributed by atoms with van der Waals surface area (Å²) < 4.78 is 0. The molecule has 1 atom stereocenters. The van der Waals surface area contributed by atoms with E-state index >= 15 is 0 Å². The molecule has 82 valence electrons. The van der Waals surface area contributed by atoms with Crippen molar-refractivity contribution >= 4 is 5.78 Å². The molecule has 3 heteroatoms. The molecule has 0 spiro atoms. The summed E-state index contributed by atoms with van der Waals surface area (Å²) in [6.45, 7) is 4.54. The van der Waals surface area contributed by atoms with Crippen LogP contribution in [0.25, 0.3) is 0 Å². The molecule has 3 N–H and O–H groups in total. The molecule has 0 aliphatic heterocycles. The Balaban J connectivity index is 2.78. The van der Waals surface area contributed by atoms with Crippen LogP contribution in [0.15, 0.2) is 0 Å². The zero-order valence-corrected chi connectivity index (χ0v) is 9.18. The highest BCUT2D eigenvalue weighted by atomic mass is 16.3. The number of ketones is 1. The first-order valence-corrected chi connectivity index (χ1v) is 5.41. The molecule has 1 rings (SSSR count). The van der Waals surface area contributed by atoms with E-state index in [9.17, 15) is 9.90 Å². The van der Waals surface area contributed by atoms with Gasteiger partial charge in [0.2, 0.25) is 0 Å². The van der Waals surface area contributed by atoms with E-state index in [-0.39, 0.29) is 11.2 Å². The highest BCUT2D eigenvalue weighted by molar-refractivity contribution is 5.79. The summed E-state index contributed by atoms with van der Waals surface area (Å²) in [6, 6.07) is 0. The second-order valence-corrected chi connectivity index (χ2v) is 4.69. The van der Waals surface area contributed by atoms with Gasteiger partial charge in [-0.25, -0.2) is 0 Å². The predicted molar refractivity (Wildman–Crippen MR) is 55.9 cm³/mol. The molecular formula is C11H21NO2. The molecular weight excluding hydrogens is 178 g/mol. The Morgan fingerprint density at radius 2 is 2.00 bits per heavy atom. The summed E-state index contributed by atoms with van der Waals surface area (Å²) in [5.41, 5.74) is 4.75. The lowest BCUT2D eigenvalue weighted by molar-refractivity contribution is -0.136. The highest BCUT2D eigenvalue weighted by Crippen LogP contribution is 2.42. The number of aliphatic hydroxyl groups is 1. The second kappa shape index (κ2) is 3.99. The van der Waals surface area contributed by atoms with Gasteiger partial charge in [-0.3, -0.25) is 4.79 Å². The molecule has 0 saturated heterocycles. The molecule has 1 saturated carbocycles. The zero-order chi connectivity index (χ0) is 10.8. The van der Waals surface area contributed by atoms with Crippen LogP contribution < -0.4 is 5.73 Å². The lowest BCUT2D eigenvalue weighted by Crippen LogP contribution is -2.52. The van der Waals surface area contributed by atoms with E-state index in [0.29, 0.717) is 32.2 Å². The first-order chi connectivity index (χ1) is 6.47. The van der Waals surface area contributed by atoms with Crippen LogP contribution in [0, 0.1) is 5.41 Å². The molecule has 1 aliphatic rings. The van der Waals surface area contributed by atoms with E-state index in [1.54, 1.807) is 0 Å². The standard InChI is InChI=1S/C11H21NO2/c1-3-10(2,8-12)11(14)6-4-9(13)5-7-11/h14H,3-8,12H2,1-2H3. The van der Waals surface area contributed by atoms with Gasteiger partial charge in [0.1, 0.15) is 5.78 Å². The molecule has 0 aromatic carbocycles. The van der Waals surface area contributed by atoms with E-state index < -0.39 is 5.60 Å². The minimum atomic E-state index is -0.732. The monoisotopic (exact) mass is 199 g/mol. The molecule has 0 radical (unpaired) electrons. The summed E-state index contributed by atoms with van der Waals surface area (Å²) in [4.78, 5) is 11.1. The normalized spacial score (nSPS) is 25.9. The van der Waals surface area contributed by atoms with Gasteiger partial charge in [-0.1, -0.05) is 13.8 Å². The number of carbonyl (C=O) groups excluding carboxylic acids is 1. The van der Waals surface area contributed by atoms with Crippen molar-refractivity contribution in [2.45, 2.75) is 51.6 Å². The maximum absolute atomic E-state index is 11.1. The summed E-state index contributed by atoms with van der Waals surface area (Å²) >= 11 is 0. The Morgan fingerprint density at radius 1 is 1.50 bits per heavy atom. The van der Waals surface area contributed by atoms with Gasteiger partial charge in [-0.15, -0.1) is 0 Å². The Bertz CT molecular complexity index is 211. The fourth-order valence-corrected chi connectivity index (χ4v) is 2.21. The van der Waals surface area contributed by atoms with Gasteiger partial charge in [0.25, 0.3) is 0 Å². The van der Waals surface area contributed by atoms with Crippen molar-refractivity contribution in [2.75, 3.05) is 6.54 Å². The number of nitrogens with two attached hydrogens (primary N) is 1. The molecule has 0 aromatic heterocycles. The summed E-state index contributed by atoms with van der Waals surface area (Å²) in [5.74, 6) is 0.269. The van der Waals surface area contributed by atoms with Crippen molar-refractivity contribution in [3.8, 4) is 0 Å². The third-order valence-electron chi connectivity index (χ3n) is 3.99. The Labute approximate surface area is 85.7 Å². The van der Waals surface area contributed by atoms with Crippen molar-refractivity contribution in [1.29, 1.82) is 0 Å². The quantitative estimate of drug-likeness (QED) is 0.718. The van der Waals surface area contributed by atoms with Crippen molar-refractivity contribution < 1.29 is 9.90 Å². The minimum Gasteiger partial charge on any atom is -0.389 e. The third-order valence-corrected chi connectivity index (χ3v) is 3.99. The predicted octanol–water partition coefficient (Wildman–Crippen LogP) is 1.24. The first kappa shape index (κ1) is 11.7. The molecule has 1 unspecified atom stereocenters. The summed E-state index contributed by atoms with van der Waals surface area (Å²) in [7, 11) is 0. The lowest BCUT2D eigenvalue weighted by Gasteiger charge is -2.46. The van der Waals surface area contributed by atoms with Gasteiger partial charge in [0.15, 0.2) is 0 Å². The summed E-state index contributed by atoms with van der Waals surface area (Å²) in [5, 5.41) is 10.5. The molecule has 14 heavy (non-hydrogen) atoms. The van der Waals surface area contributed by atoms with Crippen LogP contribution in [0.2, 0.25) is 0 Å². The molecule has 0 bridgehead atoms. The topological polar surface area (TPSA) is 63.3 Å². The SMILES string of the molecule is CCC(C)(CN)C1(O)CCC(=O)CC1. The number of rotatable bonds is 3. The summed E-state index contributed by atoms with van der Waals surface area (Å²) in [6.07, 6.45) is 3.02. The van der Waals surface area contributed by atoms with Crippen molar-refractivity contribution in [1.82, 2.24) is 0 Å². The molecule has 0 amide bonds. The molecule has 1 aliphatic carbocycles. The third kappa shape index (κ3) is 1.84. The van der Waals surface area contributed by atoms with Crippen LogP contribution in [0.4, 0.5) is 0 Å². The smallest absolute Gasteiger partial charge is 0.133 e. The van der Waals surface area contributed by atoms with E-state index in [1.807, 2.05) is 13.8 Å². The molecule has 1 fully saturated rings.